The minimum absolute atomic E-state index is 0.379. The second-order valence-electron chi connectivity index (χ2n) is 6.56. The second-order valence-corrected chi connectivity index (χ2v) is 7.65. The Hall–Kier alpha value is -0.980. The number of methoxy groups -OCH3 is 1. The van der Waals surface area contributed by atoms with Gasteiger partial charge >= 0.3 is 10.4 Å². The molecule has 0 aromatic heterocycles. The molecule has 0 bridgehead atoms. The minimum Gasteiger partial charge on any atom is -0.388 e. The summed E-state index contributed by atoms with van der Waals surface area (Å²) in [6.45, 7) is -0.0201. The van der Waals surface area contributed by atoms with Crippen molar-refractivity contribution in [3.63, 3.8) is 0 Å². The molecule has 2 aliphatic heterocycles. The fraction of sp³-hybridized carbons (Fsp3) is 0.929. The molecule has 0 radical (unpaired) electrons. The van der Waals surface area contributed by atoms with Gasteiger partial charge in [0.2, 0.25) is 5.91 Å². The molecule has 2 fully saturated rings. The normalized spacial score (nSPS) is 41.1. The van der Waals surface area contributed by atoms with Crippen LogP contribution in [0.15, 0.2) is 0 Å². The molecule has 0 saturated carbocycles. The molecule has 3 unspecified atom stereocenters. The molecule has 15 heteroatoms. The Morgan fingerprint density at radius 2 is 1.79 bits per heavy atom. The zero-order chi connectivity index (χ0) is 21.9. The summed E-state index contributed by atoms with van der Waals surface area (Å²) in [4.78, 5) is 11.6. The molecule has 170 valence electrons. The van der Waals surface area contributed by atoms with Gasteiger partial charge in [0.25, 0.3) is 0 Å². The van der Waals surface area contributed by atoms with Crippen molar-refractivity contribution in [2.75, 3.05) is 20.3 Å². The van der Waals surface area contributed by atoms with Gasteiger partial charge < -0.3 is 44.7 Å². The maximum Gasteiger partial charge on any atom is 0.397 e. The number of aliphatic hydroxyl groups excluding tert-OH is 4. The van der Waals surface area contributed by atoms with Crippen molar-refractivity contribution in [3.05, 3.63) is 0 Å². The van der Waals surface area contributed by atoms with Gasteiger partial charge in [-0.15, -0.1) is 0 Å². The van der Waals surface area contributed by atoms with Crippen molar-refractivity contribution in [1.29, 1.82) is 0 Å². The van der Waals surface area contributed by atoms with Gasteiger partial charge in [0.05, 0.1) is 13.2 Å². The lowest BCUT2D eigenvalue weighted by molar-refractivity contribution is -0.327. The third-order valence-corrected chi connectivity index (χ3v) is 4.84. The van der Waals surface area contributed by atoms with Crippen LogP contribution in [0.1, 0.15) is 6.92 Å². The van der Waals surface area contributed by atoms with Crippen LogP contribution in [0.3, 0.4) is 0 Å². The molecule has 14 nitrogen and oxygen atoms in total. The summed E-state index contributed by atoms with van der Waals surface area (Å²) in [6.07, 6.45) is -11.9. The average Bonchev–Trinajstić information content (AvgIpc) is 2.62. The van der Waals surface area contributed by atoms with E-state index in [1.165, 1.54) is 14.0 Å². The maximum atomic E-state index is 11.6. The lowest BCUT2D eigenvalue weighted by Crippen LogP contribution is -2.67. The van der Waals surface area contributed by atoms with Crippen LogP contribution in [-0.2, 0) is 38.3 Å². The Bertz CT molecular complexity index is 660. The molecule has 0 aromatic rings. The third kappa shape index (κ3) is 6.25. The SMILES string of the molecule is CO[C@H]1OC(COS(=O)(=O)O)[C@@H](O)[C@H](O[C@@H]2OC[C@@H](O)[C@H](O)C2O)C1NC(C)=O. The number of amides is 1. The largest absolute Gasteiger partial charge is 0.397 e. The molecule has 1 amide bonds. The minimum atomic E-state index is -4.84. The number of carbonyl (C=O) groups is 1. The molecule has 6 N–H and O–H groups in total. The number of aliphatic hydroxyl groups is 4. The van der Waals surface area contributed by atoms with Crippen molar-refractivity contribution in [1.82, 2.24) is 5.32 Å². The van der Waals surface area contributed by atoms with E-state index in [-0.39, 0.29) is 6.61 Å². The van der Waals surface area contributed by atoms with Crippen LogP contribution in [0.5, 0.6) is 0 Å². The first kappa shape index (κ1) is 24.3. The topological polar surface area (TPSA) is 211 Å². The fourth-order valence-electron chi connectivity index (χ4n) is 3.01. The summed E-state index contributed by atoms with van der Waals surface area (Å²) in [5, 5.41) is 42.4. The maximum absolute atomic E-state index is 11.6. The molecule has 0 spiro atoms. The van der Waals surface area contributed by atoms with E-state index in [2.05, 4.69) is 9.50 Å². The van der Waals surface area contributed by atoms with Crippen molar-refractivity contribution in [2.24, 2.45) is 0 Å². The molecule has 2 heterocycles. The van der Waals surface area contributed by atoms with Gasteiger partial charge in [-0.2, -0.15) is 8.42 Å². The van der Waals surface area contributed by atoms with Crippen molar-refractivity contribution in [3.8, 4) is 0 Å². The van der Waals surface area contributed by atoms with Gasteiger partial charge in [0, 0.05) is 14.0 Å². The molecule has 2 saturated heterocycles. The van der Waals surface area contributed by atoms with E-state index in [0.717, 1.165) is 0 Å². The van der Waals surface area contributed by atoms with E-state index < -0.39 is 78.2 Å². The summed E-state index contributed by atoms with van der Waals surface area (Å²) in [6, 6.07) is -1.14. The number of nitrogens with one attached hydrogen (secondary N) is 1. The van der Waals surface area contributed by atoms with Crippen molar-refractivity contribution < 1.29 is 61.3 Å². The highest BCUT2D eigenvalue weighted by Crippen LogP contribution is 2.28. The number of ether oxygens (including phenoxy) is 4. The van der Waals surface area contributed by atoms with E-state index in [1.54, 1.807) is 0 Å². The van der Waals surface area contributed by atoms with Crippen LogP contribution < -0.4 is 5.32 Å². The lowest BCUT2D eigenvalue weighted by atomic mass is 9.96. The van der Waals surface area contributed by atoms with Gasteiger partial charge in [0.15, 0.2) is 12.6 Å². The number of rotatable bonds is 7. The molecule has 29 heavy (non-hydrogen) atoms. The quantitative estimate of drug-likeness (QED) is 0.205. The van der Waals surface area contributed by atoms with Gasteiger partial charge in [-0.05, 0) is 0 Å². The Labute approximate surface area is 166 Å². The van der Waals surface area contributed by atoms with Crippen LogP contribution in [-0.4, -0.2) is 115 Å². The van der Waals surface area contributed by atoms with Gasteiger partial charge in [-0.1, -0.05) is 0 Å². The summed E-state index contributed by atoms with van der Waals surface area (Å²) in [5.41, 5.74) is 0. The molecular weight excluding hydrogens is 422 g/mol. The van der Waals surface area contributed by atoms with Crippen LogP contribution >= 0.6 is 0 Å². The second kappa shape index (κ2) is 9.88. The Kier molecular flexibility index (Phi) is 8.28. The van der Waals surface area contributed by atoms with Crippen molar-refractivity contribution in [2.45, 2.75) is 62.2 Å². The van der Waals surface area contributed by atoms with E-state index in [0.29, 0.717) is 0 Å². The number of hydrogen-bond acceptors (Lipinski definition) is 12. The highest BCUT2D eigenvalue weighted by atomic mass is 32.3. The predicted octanol–water partition coefficient (Wildman–Crippen LogP) is -4.13. The highest BCUT2D eigenvalue weighted by Gasteiger charge is 2.50. The van der Waals surface area contributed by atoms with Crippen LogP contribution in [0.2, 0.25) is 0 Å². The standard InChI is InChI=1S/C14H25NO13S/c1-5(16)15-8-12(28-14-11(20)9(18)6(17)3-25-14)10(19)7(27-13(8)24-2)4-26-29(21,22)23/h6-14,17-20H,3-4H2,1-2H3,(H,15,16)(H,21,22,23)/t6-,7?,8?,9+,10-,11?,12-,13+,14+/m1/s1. The van der Waals surface area contributed by atoms with Crippen molar-refractivity contribution >= 4 is 16.3 Å². The first-order chi connectivity index (χ1) is 13.4. The first-order valence-electron chi connectivity index (χ1n) is 8.51. The fourth-order valence-corrected chi connectivity index (χ4v) is 3.32. The van der Waals surface area contributed by atoms with Crippen LogP contribution in [0.4, 0.5) is 0 Å². The molecule has 0 aromatic carbocycles. The van der Waals surface area contributed by atoms with Gasteiger partial charge in [-0.25, -0.2) is 4.18 Å². The zero-order valence-corrected chi connectivity index (χ0v) is 16.3. The zero-order valence-electron chi connectivity index (χ0n) is 15.5. The summed E-state index contributed by atoms with van der Waals surface area (Å²) < 4.78 is 55.8. The van der Waals surface area contributed by atoms with Crippen LogP contribution in [0.25, 0.3) is 0 Å². The molecular formula is C14H25NO13S. The van der Waals surface area contributed by atoms with Gasteiger partial charge in [0.1, 0.15) is 42.7 Å². The third-order valence-electron chi connectivity index (χ3n) is 4.40. The Morgan fingerprint density at radius 1 is 1.14 bits per heavy atom. The predicted molar refractivity (Wildman–Crippen MR) is 89.4 cm³/mol. The van der Waals surface area contributed by atoms with Gasteiger partial charge in [-0.3, -0.25) is 9.35 Å². The molecule has 2 aliphatic rings. The monoisotopic (exact) mass is 447 g/mol. The number of carbonyl (C=O) groups excluding carboxylic acids is 1. The highest BCUT2D eigenvalue weighted by molar-refractivity contribution is 7.80. The first-order valence-corrected chi connectivity index (χ1v) is 9.87. The molecule has 0 aliphatic carbocycles. The Balaban J connectivity index is 2.24. The average molecular weight is 447 g/mol. The molecule has 2 rings (SSSR count). The van der Waals surface area contributed by atoms with E-state index in [9.17, 15) is 33.6 Å². The molecule has 9 atom stereocenters. The van der Waals surface area contributed by atoms with E-state index in [1.807, 2.05) is 0 Å². The van der Waals surface area contributed by atoms with E-state index >= 15 is 0 Å². The van der Waals surface area contributed by atoms with E-state index in [4.69, 9.17) is 23.5 Å². The van der Waals surface area contributed by atoms with Crippen LogP contribution in [0, 0.1) is 0 Å². The smallest absolute Gasteiger partial charge is 0.388 e. The number of hydrogen-bond donors (Lipinski definition) is 6. The summed E-state index contributed by atoms with van der Waals surface area (Å²) in [7, 11) is -3.63. The summed E-state index contributed by atoms with van der Waals surface area (Å²) >= 11 is 0. The lowest BCUT2D eigenvalue weighted by Gasteiger charge is -2.46. The summed E-state index contributed by atoms with van der Waals surface area (Å²) in [5.74, 6) is -0.547. The Morgan fingerprint density at radius 3 is 2.34 bits per heavy atom.